The number of hydrogen-bond donors (Lipinski definition) is 3. The molecule has 1 saturated heterocycles. The van der Waals surface area contributed by atoms with Crippen molar-refractivity contribution in [1.82, 2.24) is 10.2 Å². The van der Waals surface area contributed by atoms with Gasteiger partial charge in [-0.3, -0.25) is 16.0 Å². The quantitative estimate of drug-likeness (QED) is 0.729. The monoisotopic (exact) mass is 305 g/mol. The summed E-state index contributed by atoms with van der Waals surface area (Å²) in [5, 5.41) is 6.26. The maximum absolute atomic E-state index is 6.44. The third kappa shape index (κ3) is 3.54. The summed E-state index contributed by atoms with van der Waals surface area (Å²) in [7, 11) is 0. The molecule has 1 aromatic rings. The van der Waals surface area contributed by atoms with Crippen molar-refractivity contribution in [2.45, 2.75) is 42.7 Å². The Hall–Kier alpha value is -0.750. The van der Waals surface area contributed by atoms with Gasteiger partial charge in [0.25, 0.3) is 0 Å². The van der Waals surface area contributed by atoms with Crippen molar-refractivity contribution in [3.63, 3.8) is 0 Å². The van der Waals surface area contributed by atoms with Gasteiger partial charge < -0.3 is 5.32 Å². The average Bonchev–Trinajstić information content (AvgIpc) is 2.99. The topological polar surface area (TPSA) is 53.3 Å². The van der Waals surface area contributed by atoms with Gasteiger partial charge in [-0.15, -0.1) is 0 Å². The molecule has 3 rings (SSSR count). The van der Waals surface area contributed by atoms with E-state index in [9.17, 15) is 0 Å². The van der Waals surface area contributed by atoms with Crippen molar-refractivity contribution in [2.24, 2.45) is 11.7 Å². The molecule has 2 heterocycles. The number of fused-ring (bicyclic) bond motifs is 1. The standard InChI is InChI=1S/C16H25N4S/c1-12(2)11-20-9-5-6-13(20)10-18-16(17)19-14-7-3-4-8-15(14)21-16/h3-4,8,12-13,18-19H,5-6,9-11,17H2,1-2H3. The van der Waals surface area contributed by atoms with Gasteiger partial charge in [-0.05, 0) is 31.4 Å². The lowest BCUT2D eigenvalue weighted by atomic mass is 10.1. The lowest BCUT2D eigenvalue weighted by Crippen LogP contribution is -2.57. The zero-order valence-corrected chi connectivity index (χ0v) is 13.7. The van der Waals surface area contributed by atoms with E-state index in [0.29, 0.717) is 6.04 Å². The summed E-state index contributed by atoms with van der Waals surface area (Å²) in [6, 6.07) is 9.80. The van der Waals surface area contributed by atoms with E-state index in [4.69, 9.17) is 5.73 Å². The molecule has 2 unspecified atom stereocenters. The van der Waals surface area contributed by atoms with Crippen LogP contribution in [0.1, 0.15) is 26.7 Å². The normalized spacial score (nSPS) is 28.9. The van der Waals surface area contributed by atoms with E-state index in [2.05, 4.69) is 41.5 Å². The molecule has 1 fully saturated rings. The van der Waals surface area contributed by atoms with E-state index in [0.717, 1.165) is 23.0 Å². The second-order valence-electron chi connectivity index (χ2n) is 6.44. The van der Waals surface area contributed by atoms with Crippen LogP contribution in [0.4, 0.5) is 5.69 Å². The summed E-state index contributed by atoms with van der Waals surface area (Å²) in [4.78, 5) is 3.76. The Morgan fingerprint density at radius 1 is 1.62 bits per heavy atom. The van der Waals surface area contributed by atoms with Gasteiger partial charge in [-0.2, -0.15) is 0 Å². The molecule has 0 spiro atoms. The number of para-hydroxylation sites is 1. The van der Waals surface area contributed by atoms with Crippen LogP contribution in [0.2, 0.25) is 0 Å². The van der Waals surface area contributed by atoms with Crippen LogP contribution in [-0.2, 0) is 0 Å². The Morgan fingerprint density at radius 2 is 2.48 bits per heavy atom. The Kier molecular flexibility index (Phi) is 4.45. The van der Waals surface area contributed by atoms with Crippen LogP contribution in [0.25, 0.3) is 0 Å². The Morgan fingerprint density at radius 3 is 3.24 bits per heavy atom. The predicted molar refractivity (Wildman–Crippen MR) is 89.1 cm³/mol. The first-order chi connectivity index (χ1) is 10.1. The molecular weight excluding hydrogens is 280 g/mol. The minimum absolute atomic E-state index is 0.600. The summed E-state index contributed by atoms with van der Waals surface area (Å²) >= 11 is 1.64. The minimum atomic E-state index is -0.605. The highest BCUT2D eigenvalue weighted by molar-refractivity contribution is 8.01. The van der Waals surface area contributed by atoms with E-state index >= 15 is 0 Å². The number of likely N-dealkylation sites (tertiary alicyclic amines) is 1. The fourth-order valence-corrected chi connectivity index (χ4v) is 4.19. The smallest absolute Gasteiger partial charge is 0.196 e. The molecule has 2 atom stereocenters. The third-order valence-electron chi connectivity index (χ3n) is 4.10. The van der Waals surface area contributed by atoms with Crippen LogP contribution < -0.4 is 16.4 Å². The number of benzene rings is 1. The molecule has 5 heteroatoms. The first-order valence-corrected chi connectivity index (χ1v) is 8.63. The van der Waals surface area contributed by atoms with Gasteiger partial charge in [0.2, 0.25) is 0 Å². The van der Waals surface area contributed by atoms with Crippen molar-refractivity contribution in [3.8, 4) is 0 Å². The average molecular weight is 305 g/mol. The summed E-state index contributed by atoms with van der Waals surface area (Å²) in [6.45, 7) is 7.90. The predicted octanol–water partition coefficient (Wildman–Crippen LogP) is 2.28. The molecule has 0 aliphatic carbocycles. The zero-order valence-electron chi connectivity index (χ0n) is 12.9. The van der Waals surface area contributed by atoms with Gasteiger partial charge >= 0.3 is 0 Å². The molecule has 21 heavy (non-hydrogen) atoms. The van der Waals surface area contributed by atoms with Crippen LogP contribution in [-0.4, -0.2) is 35.7 Å². The fourth-order valence-electron chi connectivity index (χ4n) is 3.17. The second-order valence-corrected chi connectivity index (χ2v) is 7.73. The van der Waals surface area contributed by atoms with Crippen molar-refractivity contribution < 1.29 is 0 Å². The number of nitrogens with two attached hydrogens (primary N) is 1. The molecule has 0 aromatic heterocycles. The number of rotatable bonds is 5. The summed E-state index contributed by atoms with van der Waals surface area (Å²) < 4.78 is 0. The number of hydrogen-bond acceptors (Lipinski definition) is 5. The zero-order chi connectivity index (χ0) is 14.9. The largest absolute Gasteiger partial charge is 0.345 e. The van der Waals surface area contributed by atoms with Gasteiger partial charge in [0.1, 0.15) is 0 Å². The molecule has 0 amide bonds. The van der Waals surface area contributed by atoms with E-state index in [1.54, 1.807) is 11.8 Å². The van der Waals surface area contributed by atoms with E-state index < -0.39 is 5.12 Å². The second kappa shape index (κ2) is 6.16. The van der Waals surface area contributed by atoms with Crippen LogP contribution in [0, 0.1) is 12.0 Å². The SMILES string of the molecule is CC(C)CN1CCCC1CNC1(N)Nc2[c]cccc2S1. The minimum Gasteiger partial charge on any atom is -0.345 e. The number of nitrogens with one attached hydrogen (secondary N) is 2. The first kappa shape index (κ1) is 15.2. The van der Waals surface area contributed by atoms with Gasteiger partial charge in [0.15, 0.2) is 5.12 Å². The molecule has 4 N–H and O–H groups in total. The van der Waals surface area contributed by atoms with Gasteiger partial charge in [0.05, 0.1) is 5.69 Å². The third-order valence-corrected chi connectivity index (χ3v) is 5.23. The van der Waals surface area contributed by atoms with Crippen molar-refractivity contribution in [3.05, 3.63) is 24.3 Å². The molecule has 2 aliphatic heterocycles. The first-order valence-electron chi connectivity index (χ1n) is 7.81. The highest BCUT2D eigenvalue weighted by Crippen LogP contribution is 2.40. The molecule has 1 radical (unpaired) electrons. The van der Waals surface area contributed by atoms with Crippen LogP contribution >= 0.6 is 11.8 Å². The van der Waals surface area contributed by atoms with Crippen molar-refractivity contribution in [1.29, 1.82) is 0 Å². The highest BCUT2D eigenvalue weighted by atomic mass is 32.2. The summed E-state index contributed by atoms with van der Waals surface area (Å²) in [5.41, 5.74) is 7.44. The maximum Gasteiger partial charge on any atom is 0.196 e. The molecule has 115 valence electrons. The fraction of sp³-hybridized carbons (Fsp3) is 0.625. The highest BCUT2D eigenvalue weighted by Gasteiger charge is 2.35. The van der Waals surface area contributed by atoms with Gasteiger partial charge in [0, 0.05) is 30.1 Å². The summed E-state index contributed by atoms with van der Waals surface area (Å²) in [6.07, 6.45) is 2.56. The Labute approximate surface area is 131 Å². The van der Waals surface area contributed by atoms with E-state index in [1.807, 2.05) is 12.1 Å². The lowest BCUT2D eigenvalue weighted by Gasteiger charge is -2.31. The molecule has 4 nitrogen and oxygen atoms in total. The number of thioether (sulfide) groups is 1. The van der Waals surface area contributed by atoms with Gasteiger partial charge in [-0.25, -0.2) is 0 Å². The van der Waals surface area contributed by atoms with E-state index in [-0.39, 0.29) is 0 Å². The molecule has 2 aliphatic rings. The Balaban J connectivity index is 1.56. The maximum atomic E-state index is 6.44. The van der Waals surface area contributed by atoms with Crippen molar-refractivity contribution in [2.75, 3.05) is 25.0 Å². The van der Waals surface area contributed by atoms with Crippen LogP contribution in [0.15, 0.2) is 23.1 Å². The number of nitrogens with zero attached hydrogens (tertiary/aromatic N) is 1. The van der Waals surface area contributed by atoms with Crippen LogP contribution in [0.5, 0.6) is 0 Å². The molecule has 1 aromatic carbocycles. The lowest BCUT2D eigenvalue weighted by molar-refractivity contribution is 0.217. The summed E-state index contributed by atoms with van der Waals surface area (Å²) in [5.74, 6) is 0.718. The Bertz CT molecular complexity index is 466. The molecular formula is C16H25N4S. The van der Waals surface area contributed by atoms with E-state index in [1.165, 1.54) is 25.9 Å². The number of anilines is 1. The molecule has 0 bridgehead atoms. The van der Waals surface area contributed by atoms with Crippen LogP contribution in [0.3, 0.4) is 0 Å². The molecule has 0 saturated carbocycles. The van der Waals surface area contributed by atoms with Gasteiger partial charge in [-0.1, -0.05) is 37.7 Å². The van der Waals surface area contributed by atoms with Crippen molar-refractivity contribution >= 4 is 17.4 Å².